The van der Waals surface area contributed by atoms with Crippen LogP contribution in [0.15, 0.2) is 11.2 Å². The van der Waals surface area contributed by atoms with Crippen LogP contribution < -0.4 is 10.6 Å². The number of ether oxygens (including phenoxy) is 1. The largest absolute Gasteiger partial charge is 0.444 e. The van der Waals surface area contributed by atoms with E-state index in [9.17, 15) is 4.79 Å². The molecule has 1 atom stereocenters. The van der Waals surface area contributed by atoms with Crippen molar-refractivity contribution in [1.82, 2.24) is 20.5 Å². The van der Waals surface area contributed by atoms with Gasteiger partial charge in [-0.25, -0.2) is 9.78 Å². The van der Waals surface area contributed by atoms with Crippen molar-refractivity contribution < 1.29 is 9.53 Å². The number of aliphatic imine (C=N–C) groups is 1. The van der Waals surface area contributed by atoms with Gasteiger partial charge in [0.15, 0.2) is 5.96 Å². The Morgan fingerprint density at radius 1 is 1.39 bits per heavy atom. The molecule has 0 bridgehead atoms. The number of carbonyl (C=O) groups is 1. The first-order chi connectivity index (χ1) is 12.8. The highest BCUT2D eigenvalue weighted by atomic mass is 127. The summed E-state index contributed by atoms with van der Waals surface area (Å²) in [5.41, 5.74) is -0.477. The van der Waals surface area contributed by atoms with Gasteiger partial charge in [-0.1, -0.05) is 6.92 Å². The van der Waals surface area contributed by atoms with Gasteiger partial charge in [-0.15, -0.1) is 35.3 Å². The van der Waals surface area contributed by atoms with Gasteiger partial charge in [-0.3, -0.25) is 4.99 Å². The smallest absolute Gasteiger partial charge is 0.410 e. The Kier molecular flexibility index (Phi) is 10.5. The number of amides is 1. The van der Waals surface area contributed by atoms with Gasteiger partial charge >= 0.3 is 6.09 Å². The molecule has 0 spiro atoms. The molecule has 0 aliphatic carbocycles. The number of piperidine rings is 1. The van der Waals surface area contributed by atoms with Crippen molar-refractivity contribution in [2.75, 3.05) is 20.1 Å². The molecule has 28 heavy (non-hydrogen) atoms. The lowest BCUT2D eigenvalue weighted by atomic mass is 10.0. The Morgan fingerprint density at radius 3 is 2.75 bits per heavy atom. The molecule has 1 aliphatic rings. The Bertz CT molecular complexity index is 645. The van der Waals surface area contributed by atoms with Gasteiger partial charge in [0.2, 0.25) is 0 Å². The maximum atomic E-state index is 12.5. The first kappa shape index (κ1) is 24.9. The summed E-state index contributed by atoms with van der Waals surface area (Å²) in [6.07, 6.45) is 5.82. The molecule has 1 aromatic rings. The normalized spacial score (nSPS) is 17.7. The number of aryl methyl sites for hydroxylation is 1. The van der Waals surface area contributed by atoms with Crippen LogP contribution in [0.3, 0.4) is 0 Å². The number of aromatic nitrogens is 1. The number of rotatable bonds is 5. The van der Waals surface area contributed by atoms with Gasteiger partial charge in [0.05, 0.1) is 12.6 Å². The third kappa shape index (κ3) is 8.10. The fourth-order valence-corrected chi connectivity index (χ4v) is 3.76. The van der Waals surface area contributed by atoms with Crippen LogP contribution in [0.4, 0.5) is 4.79 Å². The van der Waals surface area contributed by atoms with Gasteiger partial charge < -0.3 is 20.3 Å². The molecule has 160 valence electrons. The number of thiazole rings is 1. The van der Waals surface area contributed by atoms with E-state index in [1.807, 2.05) is 31.9 Å². The van der Waals surface area contributed by atoms with Crippen LogP contribution in [-0.2, 0) is 17.7 Å². The lowest BCUT2D eigenvalue weighted by Crippen LogP contribution is -2.52. The summed E-state index contributed by atoms with van der Waals surface area (Å²) >= 11 is 1.72. The van der Waals surface area contributed by atoms with E-state index < -0.39 is 5.60 Å². The summed E-state index contributed by atoms with van der Waals surface area (Å²) in [7, 11) is 1.75. The molecule has 1 unspecified atom stereocenters. The van der Waals surface area contributed by atoms with E-state index in [1.54, 1.807) is 18.4 Å². The van der Waals surface area contributed by atoms with Crippen molar-refractivity contribution in [1.29, 1.82) is 0 Å². The quantitative estimate of drug-likeness (QED) is 0.349. The van der Waals surface area contributed by atoms with E-state index in [4.69, 9.17) is 4.74 Å². The van der Waals surface area contributed by atoms with Gasteiger partial charge in [0.1, 0.15) is 10.6 Å². The molecule has 1 fully saturated rings. The van der Waals surface area contributed by atoms with Gasteiger partial charge in [0, 0.05) is 31.2 Å². The summed E-state index contributed by atoms with van der Waals surface area (Å²) in [6.45, 7) is 9.86. The molecule has 9 heteroatoms. The second kappa shape index (κ2) is 11.8. The van der Waals surface area contributed by atoms with Crippen LogP contribution in [0.1, 0.15) is 56.8 Å². The lowest BCUT2D eigenvalue weighted by Gasteiger charge is -2.37. The zero-order chi connectivity index (χ0) is 19.9. The maximum Gasteiger partial charge on any atom is 0.410 e. The number of nitrogens with zero attached hydrogens (tertiary/aromatic N) is 3. The molecule has 1 aromatic heterocycles. The van der Waals surface area contributed by atoms with E-state index in [1.165, 1.54) is 4.88 Å². The summed E-state index contributed by atoms with van der Waals surface area (Å²) in [4.78, 5) is 24.3. The molecular formula is C19H34IN5O2S. The summed E-state index contributed by atoms with van der Waals surface area (Å²) < 4.78 is 5.57. The van der Waals surface area contributed by atoms with Crippen molar-refractivity contribution in [2.24, 2.45) is 4.99 Å². The Hall–Kier alpha value is -1.10. The van der Waals surface area contributed by atoms with Gasteiger partial charge in [0.25, 0.3) is 0 Å². The highest BCUT2D eigenvalue weighted by Gasteiger charge is 2.30. The highest BCUT2D eigenvalue weighted by molar-refractivity contribution is 14.0. The summed E-state index contributed by atoms with van der Waals surface area (Å²) in [6, 6.07) is 0.110. The lowest BCUT2D eigenvalue weighted by molar-refractivity contribution is 0.0104. The predicted octanol–water partition coefficient (Wildman–Crippen LogP) is 3.78. The van der Waals surface area contributed by atoms with E-state index >= 15 is 0 Å². The molecule has 1 aliphatic heterocycles. The Labute approximate surface area is 189 Å². The van der Waals surface area contributed by atoms with E-state index in [2.05, 4.69) is 27.5 Å². The molecular weight excluding hydrogens is 489 g/mol. The van der Waals surface area contributed by atoms with Crippen LogP contribution in [0, 0.1) is 0 Å². The fourth-order valence-electron chi connectivity index (χ4n) is 2.96. The minimum atomic E-state index is -0.477. The minimum Gasteiger partial charge on any atom is -0.444 e. The van der Waals surface area contributed by atoms with E-state index in [0.29, 0.717) is 13.1 Å². The van der Waals surface area contributed by atoms with Crippen molar-refractivity contribution >= 4 is 47.4 Å². The molecule has 2 N–H and O–H groups in total. The average molecular weight is 523 g/mol. The van der Waals surface area contributed by atoms with Crippen LogP contribution in [0.5, 0.6) is 0 Å². The van der Waals surface area contributed by atoms with E-state index in [-0.39, 0.29) is 36.1 Å². The SMILES string of the molecule is CCc1cnc(CNC(=NC)NCC2CCCCN2C(=O)OC(C)(C)C)s1.I. The third-order valence-electron chi connectivity index (χ3n) is 4.34. The molecule has 1 saturated heterocycles. The molecule has 2 heterocycles. The number of hydrogen-bond donors (Lipinski definition) is 2. The first-order valence-electron chi connectivity index (χ1n) is 9.70. The van der Waals surface area contributed by atoms with Crippen molar-refractivity contribution in [3.05, 3.63) is 16.1 Å². The van der Waals surface area contributed by atoms with Crippen LogP contribution >= 0.6 is 35.3 Å². The van der Waals surface area contributed by atoms with Crippen molar-refractivity contribution in [2.45, 2.75) is 71.6 Å². The third-order valence-corrected chi connectivity index (χ3v) is 5.48. The minimum absolute atomic E-state index is 0. The predicted molar refractivity (Wildman–Crippen MR) is 126 cm³/mol. The number of guanidine groups is 1. The zero-order valence-corrected chi connectivity index (χ0v) is 20.7. The second-order valence-corrected chi connectivity index (χ2v) is 8.90. The van der Waals surface area contributed by atoms with Crippen LogP contribution in [-0.4, -0.2) is 53.7 Å². The van der Waals surface area contributed by atoms with E-state index in [0.717, 1.165) is 43.2 Å². The Balaban J connectivity index is 0.00000392. The van der Waals surface area contributed by atoms with Crippen LogP contribution in [0.2, 0.25) is 0 Å². The maximum absolute atomic E-state index is 12.5. The molecule has 0 aromatic carbocycles. The Morgan fingerprint density at radius 2 is 2.14 bits per heavy atom. The molecule has 0 radical (unpaired) electrons. The first-order valence-corrected chi connectivity index (χ1v) is 10.5. The molecule has 7 nitrogen and oxygen atoms in total. The second-order valence-electron chi connectivity index (χ2n) is 7.70. The highest BCUT2D eigenvalue weighted by Crippen LogP contribution is 2.20. The monoisotopic (exact) mass is 523 g/mol. The topological polar surface area (TPSA) is 78.9 Å². The van der Waals surface area contributed by atoms with Gasteiger partial charge in [-0.2, -0.15) is 0 Å². The zero-order valence-electron chi connectivity index (χ0n) is 17.6. The number of halogens is 1. The fraction of sp³-hybridized carbons (Fsp3) is 0.737. The standard InChI is InChI=1S/C19H33N5O2S.HI/c1-6-15-12-21-16(27-15)13-23-17(20-5)22-11-14-9-7-8-10-24(14)18(25)26-19(2,3)4;/h12,14H,6-11,13H2,1-5H3,(H2,20,22,23);1H. The number of likely N-dealkylation sites (tertiary alicyclic amines) is 1. The number of carbonyl (C=O) groups excluding carboxylic acids is 1. The molecule has 0 saturated carbocycles. The van der Waals surface area contributed by atoms with Crippen molar-refractivity contribution in [3.8, 4) is 0 Å². The number of nitrogens with one attached hydrogen (secondary N) is 2. The van der Waals surface area contributed by atoms with Gasteiger partial charge in [-0.05, 0) is 46.5 Å². The molecule has 1 amide bonds. The van der Waals surface area contributed by atoms with Crippen molar-refractivity contribution in [3.63, 3.8) is 0 Å². The average Bonchev–Trinajstić information content (AvgIpc) is 3.09. The van der Waals surface area contributed by atoms with Crippen LogP contribution in [0.25, 0.3) is 0 Å². The molecule has 2 rings (SSSR count). The summed E-state index contributed by atoms with van der Waals surface area (Å²) in [5, 5.41) is 7.69. The summed E-state index contributed by atoms with van der Waals surface area (Å²) in [5.74, 6) is 0.720. The number of hydrogen-bond acceptors (Lipinski definition) is 5.